The van der Waals surface area contributed by atoms with Gasteiger partial charge >= 0.3 is 0 Å². The molecule has 0 fully saturated rings. The number of hydrogen-bond acceptors (Lipinski definition) is 4. The number of nitrogens with one attached hydrogen (secondary N) is 1. The summed E-state index contributed by atoms with van der Waals surface area (Å²) in [5.41, 5.74) is 1.49. The van der Waals surface area contributed by atoms with E-state index < -0.39 is 16.1 Å². The van der Waals surface area contributed by atoms with E-state index in [1.54, 1.807) is 55.6 Å². The van der Waals surface area contributed by atoms with Crippen molar-refractivity contribution >= 4 is 15.7 Å². The third kappa shape index (κ3) is 7.50. The summed E-state index contributed by atoms with van der Waals surface area (Å²) < 4.78 is 33.6. The Balaban J connectivity index is 2.34. The number of aliphatic hydroxyl groups is 1. The molecule has 0 heterocycles. The number of hydrogen-bond donors (Lipinski definition) is 2. The van der Waals surface area contributed by atoms with Crippen LogP contribution in [0, 0.1) is 18.8 Å². The van der Waals surface area contributed by atoms with Crippen molar-refractivity contribution in [1.29, 1.82) is 0 Å². The van der Waals surface area contributed by atoms with Crippen LogP contribution < -0.4 is 13.9 Å². The molecule has 1 atom stereocenters. The number of nitrogens with zero attached hydrogens (tertiary/aromatic N) is 1. The first-order chi connectivity index (χ1) is 15.0. The molecule has 7 heteroatoms. The molecule has 178 valence electrons. The third-order valence-corrected chi connectivity index (χ3v) is 7.07. The van der Waals surface area contributed by atoms with Gasteiger partial charge in [-0.15, -0.1) is 0 Å². The van der Waals surface area contributed by atoms with Crippen molar-refractivity contribution in [3.8, 4) is 5.75 Å². The normalized spacial score (nSPS) is 13.1. The zero-order valence-corrected chi connectivity index (χ0v) is 21.0. The highest BCUT2D eigenvalue weighted by molar-refractivity contribution is 7.92. The van der Waals surface area contributed by atoms with Gasteiger partial charge in [0.05, 0.1) is 37.3 Å². The molecule has 0 aliphatic rings. The number of ether oxygens (including phenoxy) is 1. The summed E-state index contributed by atoms with van der Waals surface area (Å²) in [4.78, 5) is 1.49. The first-order valence-corrected chi connectivity index (χ1v) is 12.7. The Bertz CT molecular complexity index is 915. The van der Waals surface area contributed by atoms with Gasteiger partial charge in [-0.3, -0.25) is 4.31 Å². The van der Waals surface area contributed by atoms with Gasteiger partial charge in [-0.05, 0) is 43.3 Å². The number of quaternary nitrogens is 1. The molecule has 2 N–H and O–H groups in total. The molecular weight excluding hydrogens is 424 g/mol. The Kier molecular flexibility index (Phi) is 9.55. The van der Waals surface area contributed by atoms with Gasteiger partial charge in [0.15, 0.2) is 0 Å². The van der Waals surface area contributed by atoms with E-state index in [1.807, 2.05) is 6.92 Å². The first kappa shape index (κ1) is 26.2. The lowest BCUT2D eigenvalue weighted by Gasteiger charge is -2.30. The van der Waals surface area contributed by atoms with Crippen molar-refractivity contribution in [3.05, 3.63) is 54.1 Å². The maximum atomic E-state index is 13.6. The van der Waals surface area contributed by atoms with E-state index in [0.717, 1.165) is 18.7 Å². The number of anilines is 1. The summed E-state index contributed by atoms with van der Waals surface area (Å²) in [6, 6.07) is 13.7. The average molecular weight is 464 g/mol. The molecule has 0 aliphatic carbocycles. The van der Waals surface area contributed by atoms with Gasteiger partial charge < -0.3 is 14.7 Å². The third-order valence-electron chi connectivity index (χ3n) is 5.26. The highest BCUT2D eigenvalue weighted by Gasteiger charge is 2.29. The summed E-state index contributed by atoms with van der Waals surface area (Å²) in [6.07, 6.45) is -0.801. The van der Waals surface area contributed by atoms with Crippen molar-refractivity contribution in [2.75, 3.05) is 37.6 Å². The molecular formula is C25H39N2O4S+. The predicted octanol–water partition coefficient (Wildman–Crippen LogP) is 2.76. The van der Waals surface area contributed by atoms with E-state index in [1.165, 1.54) is 9.21 Å². The molecule has 6 nitrogen and oxygen atoms in total. The average Bonchev–Trinajstić information content (AvgIpc) is 2.71. The molecule has 32 heavy (non-hydrogen) atoms. The van der Waals surface area contributed by atoms with Gasteiger partial charge in [-0.25, -0.2) is 8.42 Å². The van der Waals surface area contributed by atoms with Crippen LogP contribution in [0.5, 0.6) is 5.75 Å². The predicted molar refractivity (Wildman–Crippen MR) is 130 cm³/mol. The summed E-state index contributed by atoms with van der Waals surface area (Å²) in [5.74, 6) is 1.63. The second-order valence-corrected chi connectivity index (χ2v) is 11.2. The highest BCUT2D eigenvalue weighted by Crippen LogP contribution is 2.26. The Morgan fingerprint density at radius 2 is 1.44 bits per heavy atom. The van der Waals surface area contributed by atoms with Crippen LogP contribution in [-0.2, 0) is 10.0 Å². The van der Waals surface area contributed by atoms with Crippen molar-refractivity contribution in [2.24, 2.45) is 11.8 Å². The van der Waals surface area contributed by atoms with Gasteiger partial charge in [-0.1, -0.05) is 45.4 Å². The van der Waals surface area contributed by atoms with E-state index >= 15 is 0 Å². The Morgan fingerprint density at radius 3 is 1.91 bits per heavy atom. The first-order valence-electron chi connectivity index (χ1n) is 11.3. The van der Waals surface area contributed by atoms with Crippen LogP contribution >= 0.6 is 0 Å². The summed E-state index contributed by atoms with van der Waals surface area (Å²) in [6.45, 7) is 12.9. The molecule has 2 aromatic rings. The fraction of sp³-hybridized carbons (Fsp3) is 0.520. The molecule has 0 bridgehead atoms. The fourth-order valence-electron chi connectivity index (χ4n) is 3.92. The van der Waals surface area contributed by atoms with E-state index in [4.69, 9.17) is 4.74 Å². The largest absolute Gasteiger partial charge is 0.497 e. The minimum Gasteiger partial charge on any atom is -0.497 e. The number of aliphatic hydroxyl groups excluding tert-OH is 1. The summed E-state index contributed by atoms with van der Waals surface area (Å²) >= 11 is 0. The molecule has 2 aromatic carbocycles. The van der Waals surface area contributed by atoms with Crippen LogP contribution in [-0.4, -0.2) is 52.9 Å². The number of sulfonamides is 1. The maximum absolute atomic E-state index is 13.6. The number of rotatable bonds is 12. The molecule has 0 unspecified atom stereocenters. The van der Waals surface area contributed by atoms with Crippen LogP contribution in [0.4, 0.5) is 5.69 Å². The number of methoxy groups -OCH3 is 1. The van der Waals surface area contributed by atoms with Crippen LogP contribution in [0.15, 0.2) is 53.4 Å². The minimum absolute atomic E-state index is 0.0117. The Labute approximate surface area is 193 Å². The lowest BCUT2D eigenvalue weighted by atomic mass is 10.1. The highest BCUT2D eigenvalue weighted by atomic mass is 32.2. The molecule has 0 spiro atoms. The standard InChI is InChI=1S/C25H38N2O4S/c1-19(2)15-26(16-20(3)4)17-23(28)18-27(22-9-11-24(31-6)12-10-22)32(29,30)25-13-7-21(5)8-14-25/h7-14,19-20,23,28H,15-18H2,1-6H3/p+1/t23-/m1/s1. The van der Waals surface area contributed by atoms with Gasteiger partial charge in [0, 0.05) is 11.8 Å². The van der Waals surface area contributed by atoms with E-state index in [0.29, 0.717) is 29.8 Å². The van der Waals surface area contributed by atoms with Gasteiger partial charge in [0.25, 0.3) is 10.0 Å². The maximum Gasteiger partial charge on any atom is 0.264 e. The molecule has 0 aromatic heterocycles. The van der Waals surface area contributed by atoms with Crippen LogP contribution in [0.25, 0.3) is 0 Å². The minimum atomic E-state index is -3.84. The van der Waals surface area contributed by atoms with Crippen molar-refractivity contribution in [3.63, 3.8) is 0 Å². The number of aryl methyl sites for hydroxylation is 1. The van der Waals surface area contributed by atoms with E-state index in [-0.39, 0.29) is 11.4 Å². The monoisotopic (exact) mass is 463 g/mol. The molecule has 0 saturated carbocycles. The van der Waals surface area contributed by atoms with Crippen molar-refractivity contribution in [2.45, 2.75) is 45.6 Å². The molecule has 0 radical (unpaired) electrons. The molecule has 0 aliphatic heterocycles. The lowest BCUT2D eigenvalue weighted by molar-refractivity contribution is -0.909. The zero-order chi connectivity index (χ0) is 23.9. The molecule has 0 amide bonds. The zero-order valence-electron chi connectivity index (χ0n) is 20.2. The summed E-state index contributed by atoms with van der Waals surface area (Å²) in [5, 5.41) is 11.0. The van der Waals surface area contributed by atoms with Crippen molar-refractivity contribution < 1.29 is 23.2 Å². The van der Waals surface area contributed by atoms with E-state index in [9.17, 15) is 13.5 Å². The quantitative estimate of drug-likeness (QED) is 0.508. The molecule has 0 saturated heterocycles. The van der Waals surface area contributed by atoms with Crippen LogP contribution in [0.1, 0.15) is 33.3 Å². The second-order valence-electron chi connectivity index (χ2n) is 9.35. The Hall–Kier alpha value is -2.09. The SMILES string of the molecule is COc1ccc(N(C[C@H](O)C[NH+](CC(C)C)CC(C)C)S(=O)(=O)c2ccc(C)cc2)cc1. The topological polar surface area (TPSA) is 71.3 Å². The number of benzene rings is 2. The lowest BCUT2D eigenvalue weighted by Crippen LogP contribution is -3.14. The summed E-state index contributed by atoms with van der Waals surface area (Å²) in [7, 11) is -2.27. The van der Waals surface area contributed by atoms with Gasteiger partial charge in [-0.2, -0.15) is 0 Å². The second kappa shape index (κ2) is 11.7. The smallest absolute Gasteiger partial charge is 0.264 e. The van der Waals surface area contributed by atoms with Crippen LogP contribution in [0.2, 0.25) is 0 Å². The Morgan fingerprint density at radius 1 is 0.906 bits per heavy atom. The van der Waals surface area contributed by atoms with Gasteiger partial charge in [0.2, 0.25) is 0 Å². The fourth-order valence-corrected chi connectivity index (χ4v) is 5.42. The van der Waals surface area contributed by atoms with Crippen molar-refractivity contribution in [1.82, 2.24) is 0 Å². The van der Waals surface area contributed by atoms with E-state index in [2.05, 4.69) is 27.7 Å². The van der Waals surface area contributed by atoms with Crippen LogP contribution in [0.3, 0.4) is 0 Å². The molecule has 2 rings (SSSR count). The van der Waals surface area contributed by atoms with Gasteiger partial charge in [0.1, 0.15) is 18.4 Å².